The van der Waals surface area contributed by atoms with E-state index in [1.807, 2.05) is 26.2 Å². The zero-order valence-electron chi connectivity index (χ0n) is 16.9. The fourth-order valence-electron chi connectivity index (χ4n) is 3.41. The summed E-state index contributed by atoms with van der Waals surface area (Å²) in [4.78, 5) is 15.7. The van der Waals surface area contributed by atoms with Crippen molar-refractivity contribution in [3.05, 3.63) is 22.2 Å². The number of hydrogen-bond donors (Lipinski definition) is 2. The molecule has 2 rings (SSSR count). The first kappa shape index (κ1) is 23.6. The molecule has 2 N–H and O–H groups in total. The topological polar surface area (TPSA) is 53.6 Å². The number of carbonyl (C=O) groups is 1. The van der Waals surface area contributed by atoms with Crippen LogP contribution in [0.1, 0.15) is 44.9 Å². The highest BCUT2D eigenvalue weighted by molar-refractivity contribution is 7.98. The number of amides is 1. The van der Waals surface area contributed by atoms with Gasteiger partial charge in [-0.25, -0.2) is 0 Å². The maximum atomic E-state index is 12.8. The number of methoxy groups -OCH3 is 1. The molecule has 5 nitrogen and oxygen atoms in total. The minimum atomic E-state index is -0.731. The largest absolute Gasteiger partial charge is 0.383 e. The number of carbonyl (C=O) groups excluding carboxylic acids is 1. The predicted molar refractivity (Wildman–Crippen MR) is 120 cm³/mol. The van der Waals surface area contributed by atoms with Crippen LogP contribution in [-0.2, 0) is 9.53 Å². The number of hydrogen-bond acceptors (Lipinski definition) is 5. The standard InChI is InChI=1S/C20H31Cl2N3O2S/c1-25(2)12-8-11-23-18-16(21)13-15(14-17(18)22)28-24-19(26)20(27-3)9-6-4-5-7-10-20/h13-14,23H,4-12H2,1-3H3,(H,24,26). The molecule has 0 atom stereocenters. The van der Waals surface area contributed by atoms with Gasteiger partial charge in [0.1, 0.15) is 5.60 Å². The lowest BCUT2D eigenvalue weighted by atomic mass is 9.93. The molecule has 1 amide bonds. The molecule has 28 heavy (non-hydrogen) atoms. The lowest BCUT2D eigenvalue weighted by Gasteiger charge is -2.29. The summed E-state index contributed by atoms with van der Waals surface area (Å²) < 4.78 is 8.59. The van der Waals surface area contributed by atoms with Crippen molar-refractivity contribution in [1.82, 2.24) is 9.62 Å². The molecular formula is C20H31Cl2N3O2S. The highest BCUT2D eigenvalue weighted by Crippen LogP contribution is 2.36. The van der Waals surface area contributed by atoms with Crippen molar-refractivity contribution in [2.24, 2.45) is 0 Å². The second-order valence-corrected chi connectivity index (χ2v) is 9.19. The third-order valence-corrected chi connectivity index (χ3v) is 6.43. The van der Waals surface area contributed by atoms with Gasteiger partial charge in [-0.2, -0.15) is 0 Å². The van der Waals surface area contributed by atoms with Gasteiger partial charge in [-0.3, -0.25) is 9.52 Å². The quantitative estimate of drug-likeness (QED) is 0.308. The van der Waals surface area contributed by atoms with Crippen LogP contribution in [0.25, 0.3) is 0 Å². The monoisotopic (exact) mass is 447 g/mol. The number of halogens is 2. The van der Waals surface area contributed by atoms with Crippen LogP contribution in [0.5, 0.6) is 0 Å². The van der Waals surface area contributed by atoms with Crippen molar-refractivity contribution < 1.29 is 9.53 Å². The molecule has 0 bridgehead atoms. The Balaban J connectivity index is 1.95. The first-order valence-electron chi connectivity index (χ1n) is 9.78. The van der Waals surface area contributed by atoms with Gasteiger partial charge in [-0.15, -0.1) is 0 Å². The van der Waals surface area contributed by atoms with Crippen LogP contribution in [-0.4, -0.2) is 50.7 Å². The Morgan fingerprint density at radius 3 is 2.32 bits per heavy atom. The van der Waals surface area contributed by atoms with Crippen molar-refractivity contribution in [2.45, 2.75) is 55.4 Å². The number of benzene rings is 1. The average molecular weight is 448 g/mol. The van der Waals surface area contributed by atoms with Crippen LogP contribution in [0.2, 0.25) is 10.0 Å². The highest BCUT2D eigenvalue weighted by Gasteiger charge is 2.38. The van der Waals surface area contributed by atoms with Crippen molar-refractivity contribution in [1.29, 1.82) is 0 Å². The molecule has 1 aliphatic rings. The van der Waals surface area contributed by atoms with Gasteiger partial charge in [0, 0.05) is 18.6 Å². The highest BCUT2D eigenvalue weighted by atomic mass is 35.5. The zero-order chi connectivity index (χ0) is 20.6. The van der Waals surface area contributed by atoms with Gasteiger partial charge in [0.25, 0.3) is 5.91 Å². The molecule has 0 saturated heterocycles. The number of rotatable bonds is 9. The van der Waals surface area contributed by atoms with E-state index in [1.165, 1.54) is 11.9 Å². The van der Waals surface area contributed by atoms with E-state index >= 15 is 0 Å². The molecule has 0 aromatic heterocycles. The molecule has 0 heterocycles. The fourth-order valence-corrected chi connectivity index (χ4v) is 4.91. The van der Waals surface area contributed by atoms with Crippen molar-refractivity contribution >= 4 is 46.7 Å². The Morgan fingerprint density at radius 1 is 1.18 bits per heavy atom. The van der Waals surface area contributed by atoms with Gasteiger partial charge in [-0.05, 0) is 64.0 Å². The maximum absolute atomic E-state index is 12.8. The Morgan fingerprint density at radius 2 is 1.79 bits per heavy atom. The first-order chi connectivity index (χ1) is 13.4. The van der Waals surface area contributed by atoms with E-state index in [2.05, 4.69) is 14.9 Å². The smallest absolute Gasteiger partial charge is 0.262 e. The van der Waals surface area contributed by atoms with Crippen LogP contribution in [0.15, 0.2) is 17.0 Å². The molecule has 1 aliphatic carbocycles. The predicted octanol–water partition coefficient (Wildman–Crippen LogP) is 5.22. The summed E-state index contributed by atoms with van der Waals surface area (Å²) in [6.45, 7) is 1.78. The molecule has 8 heteroatoms. The van der Waals surface area contributed by atoms with Crippen LogP contribution >= 0.6 is 35.1 Å². The van der Waals surface area contributed by atoms with Crippen LogP contribution in [0, 0.1) is 0 Å². The SMILES string of the molecule is COC1(C(=O)NSc2cc(Cl)c(NCCCN(C)C)c(Cl)c2)CCCCCC1. The Kier molecular flexibility index (Phi) is 9.71. The Hall–Kier alpha value is -0.660. The molecule has 0 unspecified atom stereocenters. The summed E-state index contributed by atoms with van der Waals surface area (Å²) in [6, 6.07) is 3.64. The molecule has 1 fully saturated rings. The van der Waals surface area contributed by atoms with E-state index in [1.54, 1.807) is 7.11 Å². The maximum Gasteiger partial charge on any atom is 0.262 e. The average Bonchev–Trinajstić information content (AvgIpc) is 2.91. The summed E-state index contributed by atoms with van der Waals surface area (Å²) in [5.74, 6) is -0.0833. The van der Waals surface area contributed by atoms with Gasteiger partial charge in [0.2, 0.25) is 0 Å². The number of nitrogens with zero attached hydrogens (tertiary/aromatic N) is 1. The number of ether oxygens (including phenoxy) is 1. The van der Waals surface area contributed by atoms with E-state index in [9.17, 15) is 4.79 Å². The zero-order valence-corrected chi connectivity index (χ0v) is 19.3. The summed E-state index contributed by atoms with van der Waals surface area (Å²) in [7, 11) is 5.71. The van der Waals surface area contributed by atoms with Crippen molar-refractivity contribution in [3.8, 4) is 0 Å². The molecule has 0 radical (unpaired) electrons. The van der Waals surface area contributed by atoms with Gasteiger partial charge < -0.3 is 15.0 Å². The Labute approximate surface area is 183 Å². The summed E-state index contributed by atoms with van der Waals surface area (Å²) in [5.41, 5.74) is 0.000258. The Bertz CT molecular complexity index is 627. The van der Waals surface area contributed by atoms with Gasteiger partial charge in [-0.1, -0.05) is 48.9 Å². The van der Waals surface area contributed by atoms with E-state index in [0.717, 1.165) is 68.6 Å². The normalized spacial score (nSPS) is 16.6. The van der Waals surface area contributed by atoms with E-state index < -0.39 is 5.60 Å². The molecular weight excluding hydrogens is 417 g/mol. The first-order valence-corrected chi connectivity index (χ1v) is 11.4. The molecule has 158 valence electrons. The third kappa shape index (κ3) is 6.70. The van der Waals surface area contributed by atoms with Crippen LogP contribution < -0.4 is 10.0 Å². The summed E-state index contributed by atoms with van der Waals surface area (Å²) in [5, 5.41) is 4.39. The number of anilines is 1. The lowest BCUT2D eigenvalue weighted by molar-refractivity contribution is -0.143. The van der Waals surface area contributed by atoms with Gasteiger partial charge in [0.15, 0.2) is 0 Å². The van der Waals surface area contributed by atoms with Gasteiger partial charge in [0.05, 0.1) is 15.7 Å². The molecule has 1 aromatic carbocycles. The third-order valence-electron chi connectivity index (χ3n) is 5.08. The second kappa shape index (κ2) is 11.5. The van der Waals surface area contributed by atoms with Gasteiger partial charge >= 0.3 is 0 Å². The molecule has 0 aliphatic heterocycles. The molecule has 1 aromatic rings. The minimum absolute atomic E-state index is 0.0833. The summed E-state index contributed by atoms with van der Waals surface area (Å²) in [6.07, 6.45) is 6.83. The van der Waals surface area contributed by atoms with E-state index in [0.29, 0.717) is 10.0 Å². The molecule has 0 spiro atoms. The minimum Gasteiger partial charge on any atom is -0.383 e. The number of nitrogens with one attached hydrogen (secondary N) is 2. The van der Waals surface area contributed by atoms with Crippen LogP contribution in [0.4, 0.5) is 5.69 Å². The van der Waals surface area contributed by atoms with E-state index in [-0.39, 0.29) is 5.91 Å². The lowest BCUT2D eigenvalue weighted by Crippen LogP contribution is -2.45. The van der Waals surface area contributed by atoms with Crippen LogP contribution in [0.3, 0.4) is 0 Å². The van der Waals surface area contributed by atoms with E-state index in [4.69, 9.17) is 27.9 Å². The molecule has 1 saturated carbocycles. The fraction of sp³-hybridized carbons (Fsp3) is 0.650. The summed E-state index contributed by atoms with van der Waals surface area (Å²) >= 11 is 14.0. The van der Waals surface area contributed by atoms with Crippen molar-refractivity contribution in [3.63, 3.8) is 0 Å². The second-order valence-electron chi connectivity index (χ2n) is 7.49. The van der Waals surface area contributed by atoms with Crippen molar-refractivity contribution in [2.75, 3.05) is 39.6 Å².